The quantitative estimate of drug-likeness (QED) is 0.571. The maximum atomic E-state index is 13.6. The Hall–Kier alpha value is -2.28. The van der Waals surface area contributed by atoms with Gasteiger partial charge in [0.25, 0.3) is 5.91 Å². The molecule has 164 valence electrons. The van der Waals surface area contributed by atoms with Gasteiger partial charge in [0.2, 0.25) is 0 Å². The first-order valence-corrected chi connectivity index (χ1v) is 11.7. The van der Waals surface area contributed by atoms with Gasteiger partial charge in [-0.25, -0.2) is 4.98 Å². The van der Waals surface area contributed by atoms with Crippen LogP contribution in [0, 0.1) is 6.92 Å². The number of fused-ring (bicyclic) bond motifs is 1. The minimum absolute atomic E-state index is 0.00503. The minimum Gasteiger partial charge on any atom is -0.379 e. The molecular weight excluding hydrogens is 406 g/mol. The van der Waals surface area contributed by atoms with E-state index in [-0.39, 0.29) is 11.3 Å². The highest BCUT2D eigenvalue weighted by atomic mass is 32.1. The van der Waals surface area contributed by atoms with E-state index in [1.54, 1.807) is 11.3 Å². The van der Waals surface area contributed by atoms with E-state index in [0.717, 1.165) is 53.8 Å². The van der Waals surface area contributed by atoms with Crippen molar-refractivity contribution in [2.75, 3.05) is 44.3 Å². The second-order valence-corrected chi connectivity index (χ2v) is 10.2. The molecule has 0 radical (unpaired) electrons. The Kier molecular flexibility index (Phi) is 6.42. The van der Waals surface area contributed by atoms with Crippen LogP contribution in [0.2, 0.25) is 0 Å². The third-order valence-electron chi connectivity index (χ3n) is 5.83. The molecule has 6 heteroatoms. The molecule has 0 saturated carbocycles. The first-order chi connectivity index (χ1) is 14.8. The third-order valence-corrected chi connectivity index (χ3v) is 6.87. The third kappa shape index (κ3) is 4.97. The molecule has 1 fully saturated rings. The van der Waals surface area contributed by atoms with Crippen LogP contribution in [-0.4, -0.2) is 55.2 Å². The monoisotopic (exact) mass is 437 g/mol. The summed E-state index contributed by atoms with van der Waals surface area (Å²) in [5.41, 5.74) is 4.10. The number of benzene rings is 2. The Labute approximate surface area is 188 Å². The number of carbonyl (C=O) groups is 1. The van der Waals surface area contributed by atoms with Crippen molar-refractivity contribution < 1.29 is 9.53 Å². The predicted octanol–water partition coefficient (Wildman–Crippen LogP) is 4.88. The number of thiazole rings is 1. The Morgan fingerprint density at radius 2 is 1.84 bits per heavy atom. The molecule has 2 aromatic carbocycles. The van der Waals surface area contributed by atoms with Crippen molar-refractivity contribution in [2.24, 2.45) is 0 Å². The molecule has 1 aliphatic heterocycles. The molecule has 0 bridgehead atoms. The summed E-state index contributed by atoms with van der Waals surface area (Å²) < 4.78 is 6.58. The molecule has 0 atom stereocenters. The van der Waals surface area contributed by atoms with Crippen LogP contribution in [0.4, 0.5) is 5.13 Å². The average molecular weight is 438 g/mol. The summed E-state index contributed by atoms with van der Waals surface area (Å²) in [4.78, 5) is 22.7. The fourth-order valence-corrected chi connectivity index (χ4v) is 4.88. The summed E-state index contributed by atoms with van der Waals surface area (Å²) in [7, 11) is 0. The van der Waals surface area contributed by atoms with Crippen molar-refractivity contribution in [1.29, 1.82) is 0 Å². The second kappa shape index (κ2) is 9.07. The number of aromatic nitrogens is 1. The van der Waals surface area contributed by atoms with Gasteiger partial charge in [0.05, 0.1) is 23.4 Å². The van der Waals surface area contributed by atoms with E-state index in [4.69, 9.17) is 9.72 Å². The van der Waals surface area contributed by atoms with Crippen molar-refractivity contribution in [1.82, 2.24) is 9.88 Å². The maximum Gasteiger partial charge on any atom is 0.260 e. The molecule has 1 aliphatic rings. The van der Waals surface area contributed by atoms with Gasteiger partial charge in [-0.1, -0.05) is 56.4 Å². The van der Waals surface area contributed by atoms with E-state index >= 15 is 0 Å². The number of carbonyl (C=O) groups excluding carboxylic acids is 1. The number of rotatable bonds is 5. The maximum absolute atomic E-state index is 13.6. The zero-order chi connectivity index (χ0) is 22.0. The Morgan fingerprint density at radius 1 is 1.13 bits per heavy atom. The van der Waals surface area contributed by atoms with Gasteiger partial charge >= 0.3 is 0 Å². The Morgan fingerprint density at radius 3 is 2.48 bits per heavy atom. The van der Waals surface area contributed by atoms with Crippen LogP contribution in [0.5, 0.6) is 0 Å². The molecule has 31 heavy (non-hydrogen) atoms. The van der Waals surface area contributed by atoms with Crippen LogP contribution < -0.4 is 4.90 Å². The molecule has 4 rings (SSSR count). The molecule has 0 spiro atoms. The summed E-state index contributed by atoms with van der Waals surface area (Å²) in [6, 6.07) is 14.2. The fraction of sp³-hybridized carbons (Fsp3) is 0.440. The minimum atomic E-state index is 0.00503. The second-order valence-electron chi connectivity index (χ2n) is 9.16. The summed E-state index contributed by atoms with van der Waals surface area (Å²) in [5.74, 6) is 0.00503. The van der Waals surface area contributed by atoms with Gasteiger partial charge in [0.1, 0.15) is 0 Å². The lowest BCUT2D eigenvalue weighted by Gasteiger charge is -2.29. The van der Waals surface area contributed by atoms with Crippen LogP contribution in [0.3, 0.4) is 0 Å². The number of hydrogen-bond donors (Lipinski definition) is 0. The molecule has 1 amide bonds. The Balaban J connectivity index is 1.63. The number of amides is 1. The lowest BCUT2D eigenvalue weighted by Crippen LogP contribution is -2.43. The van der Waals surface area contributed by atoms with Gasteiger partial charge < -0.3 is 4.74 Å². The Bertz CT molecular complexity index is 1050. The van der Waals surface area contributed by atoms with E-state index < -0.39 is 0 Å². The van der Waals surface area contributed by atoms with Crippen molar-refractivity contribution in [2.45, 2.75) is 33.1 Å². The molecule has 1 aromatic heterocycles. The van der Waals surface area contributed by atoms with Crippen molar-refractivity contribution in [3.8, 4) is 0 Å². The fourth-order valence-electron chi connectivity index (χ4n) is 3.81. The number of hydrogen-bond acceptors (Lipinski definition) is 5. The smallest absolute Gasteiger partial charge is 0.260 e. The van der Waals surface area contributed by atoms with Gasteiger partial charge in [0.15, 0.2) is 5.13 Å². The molecule has 0 N–H and O–H groups in total. The number of nitrogens with zero attached hydrogens (tertiary/aromatic N) is 3. The SMILES string of the molecule is Cc1cccc2sc(N(CCN3CCOCC3)C(=O)c3ccc(C(C)(C)C)cc3)nc12. The molecule has 0 aliphatic carbocycles. The van der Waals surface area contributed by atoms with Crippen molar-refractivity contribution in [3.63, 3.8) is 0 Å². The van der Waals surface area contributed by atoms with Crippen LogP contribution in [0.15, 0.2) is 42.5 Å². The van der Waals surface area contributed by atoms with E-state index in [1.165, 1.54) is 5.56 Å². The first kappa shape index (κ1) is 21.9. The van der Waals surface area contributed by atoms with Crippen LogP contribution in [0.25, 0.3) is 10.2 Å². The zero-order valence-electron chi connectivity index (χ0n) is 18.9. The predicted molar refractivity (Wildman–Crippen MR) is 128 cm³/mol. The van der Waals surface area contributed by atoms with Gasteiger partial charge in [-0.2, -0.15) is 0 Å². The topological polar surface area (TPSA) is 45.7 Å². The number of ether oxygens (including phenoxy) is 1. The van der Waals surface area contributed by atoms with Crippen molar-refractivity contribution >= 4 is 32.6 Å². The zero-order valence-corrected chi connectivity index (χ0v) is 19.7. The van der Waals surface area contributed by atoms with Crippen LogP contribution in [0.1, 0.15) is 42.3 Å². The van der Waals surface area contributed by atoms with E-state index in [1.807, 2.05) is 23.1 Å². The van der Waals surface area contributed by atoms with E-state index in [0.29, 0.717) is 12.1 Å². The number of morpholine rings is 1. The summed E-state index contributed by atoms with van der Waals surface area (Å²) in [6.45, 7) is 13.3. The normalized spacial score (nSPS) is 15.4. The molecule has 3 aromatic rings. The van der Waals surface area contributed by atoms with Crippen molar-refractivity contribution in [3.05, 3.63) is 59.2 Å². The van der Waals surface area contributed by atoms with Gasteiger partial charge in [-0.3, -0.25) is 14.6 Å². The molecule has 0 unspecified atom stereocenters. The average Bonchev–Trinajstić information content (AvgIpc) is 3.19. The summed E-state index contributed by atoms with van der Waals surface area (Å²) in [5, 5.41) is 0.766. The number of aryl methyl sites for hydroxylation is 1. The largest absolute Gasteiger partial charge is 0.379 e. The van der Waals surface area contributed by atoms with E-state index in [9.17, 15) is 4.79 Å². The molecule has 2 heterocycles. The number of anilines is 1. The molecule has 1 saturated heterocycles. The summed E-state index contributed by atoms with van der Waals surface area (Å²) in [6.07, 6.45) is 0. The van der Waals surface area contributed by atoms with E-state index in [2.05, 4.69) is 56.9 Å². The standard InChI is InChI=1S/C25H31N3O2S/c1-18-6-5-7-21-22(18)26-24(31-21)28(13-12-27-14-16-30-17-15-27)23(29)19-8-10-20(11-9-19)25(2,3)4/h5-11H,12-17H2,1-4H3. The van der Waals surface area contributed by atoms with Crippen LogP contribution >= 0.6 is 11.3 Å². The highest BCUT2D eigenvalue weighted by Crippen LogP contribution is 2.31. The number of para-hydroxylation sites is 1. The highest BCUT2D eigenvalue weighted by molar-refractivity contribution is 7.22. The lowest BCUT2D eigenvalue weighted by molar-refractivity contribution is 0.0391. The lowest BCUT2D eigenvalue weighted by atomic mass is 9.86. The molecule has 5 nitrogen and oxygen atoms in total. The van der Waals surface area contributed by atoms with Crippen LogP contribution in [-0.2, 0) is 10.2 Å². The highest BCUT2D eigenvalue weighted by Gasteiger charge is 2.24. The molecular formula is C25H31N3O2S. The van der Waals surface area contributed by atoms with Gasteiger partial charge in [-0.15, -0.1) is 0 Å². The van der Waals surface area contributed by atoms with Gasteiger partial charge in [0, 0.05) is 31.7 Å². The first-order valence-electron chi connectivity index (χ1n) is 10.9. The van der Waals surface area contributed by atoms with Gasteiger partial charge in [-0.05, 0) is 41.7 Å². The summed E-state index contributed by atoms with van der Waals surface area (Å²) >= 11 is 1.59.